The van der Waals surface area contributed by atoms with Gasteiger partial charge in [0.1, 0.15) is 6.10 Å². The van der Waals surface area contributed by atoms with Crippen molar-refractivity contribution in [1.29, 1.82) is 0 Å². The quantitative estimate of drug-likeness (QED) is 0.843. The van der Waals surface area contributed by atoms with Crippen molar-refractivity contribution in [2.45, 2.75) is 24.9 Å². The molecule has 2 N–H and O–H groups in total. The Labute approximate surface area is 119 Å². The first-order valence-corrected chi connectivity index (χ1v) is 7.46. The zero-order valence-corrected chi connectivity index (χ0v) is 11.7. The summed E-state index contributed by atoms with van der Waals surface area (Å²) in [6.45, 7) is 3.49. The smallest absolute Gasteiger partial charge is 0.315 e. The second kappa shape index (κ2) is 5.94. The first kappa shape index (κ1) is 13.6. The Morgan fingerprint density at radius 3 is 2.55 bits per heavy atom. The molecule has 3 aliphatic heterocycles. The molecule has 3 aliphatic rings. The van der Waals surface area contributed by atoms with Crippen molar-refractivity contribution in [2.75, 3.05) is 26.2 Å². The number of hydrogen-bond acceptors (Lipinski definition) is 4. The molecule has 0 aliphatic carbocycles. The van der Waals surface area contributed by atoms with E-state index in [1.807, 2.05) is 30.3 Å². The van der Waals surface area contributed by atoms with E-state index in [2.05, 4.69) is 4.90 Å². The Balaban J connectivity index is 1.66. The highest BCUT2D eigenvalue weighted by atomic mass is 16.5. The highest BCUT2D eigenvalue weighted by Crippen LogP contribution is 2.30. The molecular weight excluding hydrogens is 252 g/mol. The summed E-state index contributed by atoms with van der Waals surface area (Å²) in [7, 11) is 0. The highest BCUT2D eigenvalue weighted by Gasteiger charge is 2.37. The van der Waals surface area contributed by atoms with E-state index >= 15 is 0 Å². The van der Waals surface area contributed by atoms with Gasteiger partial charge in [0.25, 0.3) is 0 Å². The second-order valence-corrected chi connectivity index (χ2v) is 5.81. The number of carbonyl (C=O) groups excluding carboxylic acids is 1. The van der Waals surface area contributed by atoms with Crippen LogP contribution in [0.1, 0.15) is 24.3 Å². The first-order valence-electron chi connectivity index (χ1n) is 7.46. The number of hydrogen-bond donors (Lipinski definition) is 1. The maximum Gasteiger partial charge on any atom is 0.315 e. The van der Waals surface area contributed by atoms with E-state index in [1.54, 1.807) is 0 Å². The first-order chi connectivity index (χ1) is 9.78. The van der Waals surface area contributed by atoms with Crippen LogP contribution in [-0.2, 0) is 9.53 Å². The van der Waals surface area contributed by atoms with Crippen LogP contribution in [0.4, 0.5) is 0 Å². The third kappa shape index (κ3) is 2.72. The van der Waals surface area contributed by atoms with Gasteiger partial charge in [0.2, 0.25) is 0 Å². The average Bonchev–Trinajstić information content (AvgIpc) is 2.50. The van der Waals surface area contributed by atoms with Crippen LogP contribution in [-0.4, -0.2) is 43.2 Å². The van der Waals surface area contributed by atoms with Crippen LogP contribution < -0.4 is 5.73 Å². The third-order valence-electron chi connectivity index (χ3n) is 4.59. The van der Waals surface area contributed by atoms with E-state index in [4.69, 9.17) is 10.5 Å². The van der Waals surface area contributed by atoms with Crippen molar-refractivity contribution in [2.24, 2.45) is 11.7 Å². The van der Waals surface area contributed by atoms with Gasteiger partial charge in [-0.2, -0.15) is 0 Å². The van der Waals surface area contributed by atoms with Crippen LogP contribution in [0, 0.1) is 5.92 Å². The largest absolute Gasteiger partial charge is 0.460 e. The minimum absolute atomic E-state index is 0.0581. The number of benzene rings is 1. The molecule has 3 heterocycles. The van der Waals surface area contributed by atoms with Crippen LogP contribution in [0.5, 0.6) is 0 Å². The molecule has 4 rings (SSSR count). The molecular formula is C16H22N2O2. The number of piperidine rings is 3. The molecule has 0 aromatic heterocycles. The normalized spacial score (nSPS) is 29.9. The second-order valence-electron chi connectivity index (χ2n) is 5.81. The van der Waals surface area contributed by atoms with Crippen molar-refractivity contribution in [3.8, 4) is 0 Å². The van der Waals surface area contributed by atoms with Gasteiger partial charge in [0.15, 0.2) is 0 Å². The molecule has 0 spiro atoms. The fourth-order valence-electron chi connectivity index (χ4n) is 3.33. The van der Waals surface area contributed by atoms with E-state index in [9.17, 15) is 4.79 Å². The van der Waals surface area contributed by atoms with Gasteiger partial charge in [-0.1, -0.05) is 30.3 Å². The zero-order chi connectivity index (χ0) is 13.9. The third-order valence-corrected chi connectivity index (χ3v) is 4.59. The lowest BCUT2D eigenvalue weighted by Gasteiger charge is -2.44. The summed E-state index contributed by atoms with van der Waals surface area (Å²) in [5, 5.41) is 0. The number of carbonyl (C=O) groups is 1. The molecule has 0 radical (unpaired) electrons. The molecule has 2 bridgehead atoms. The SMILES string of the molecule is NCC(C(=O)O[C@H]1CN2CCC1CC2)c1ccccc1. The van der Waals surface area contributed by atoms with Crippen molar-refractivity contribution in [3.63, 3.8) is 0 Å². The summed E-state index contributed by atoms with van der Waals surface area (Å²) >= 11 is 0. The highest BCUT2D eigenvalue weighted by molar-refractivity contribution is 5.78. The van der Waals surface area contributed by atoms with Gasteiger partial charge >= 0.3 is 5.97 Å². The van der Waals surface area contributed by atoms with E-state index in [1.165, 1.54) is 0 Å². The molecule has 3 saturated heterocycles. The van der Waals surface area contributed by atoms with Gasteiger partial charge in [-0.15, -0.1) is 0 Å². The molecule has 1 aromatic rings. The number of ether oxygens (including phenoxy) is 1. The van der Waals surface area contributed by atoms with Crippen molar-refractivity contribution in [1.82, 2.24) is 4.90 Å². The van der Waals surface area contributed by atoms with Gasteiger partial charge in [0.05, 0.1) is 5.92 Å². The molecule has 20 heavy (non-hydrogen) atoms. The predicted molar refractivity (Wildman–Crippen MR) is 77.3 cm³/mol. The van der Waals surface area contributed by atoms with E-state index < -0.39 is 0 Å². The Bertz CT molecular complexity index is 455. The zero-order valence-electron chi connectivity index (χ0n) is 11.7. The summed E-state index contributed by atoms with van der Waals surface area (Å²) in [6.07, 6.45) is 2.36. The van der Waals surface area contributed by atoms with Gasteiger partial charge in [-0.3, -0.25) is 9.69 Å². The van der Waals surface area contributed by atoms with E-state index in [0.717, 1.165) is 38.0 Å². The molecule has 108 valence electrons. The van der Waals surface area contributed by atoms with E-state index in [-0.39, 0.29) is 18.0 Å². The van der Waals surface area contributed by atoms with Crippen LogP contribution in [0.3, 0.4) is 0 Å². The lowest BCUT2D eigenvalue weighted by molar-refractivity contribution is -0.160. The Kier molecular flexibility index (Phi) is 4.03. The summed E-state index contributed by atoms with van der Waals surface area (Å²) in [5.74, 6) is 0.0299. The van der Waals surface area contributed by atoms with Crippen LogP contribution in [0.25, 0.3) is 0 Å². The number of esters is 1. The molecule has 0 amide bonds. The molecule has 1 aromatic carbocycles. The molecule has 2 atom stereocenters. The minimum atomic E-state index is -0.341. The van der Waals surface area contributed by atoms with Crippen LogP contribution >= 0.6 is 0 Å². The lowest BCUT2D eigenvalue weighted by atomic mass is 9.85. The van der Waals surface area contributed by atoms with Crippen molar-refractivity contribution in [3.05, 3.63) is 35.9 Å². The van der Waals surface area contributed by atoms with Crippen molar-refractivity contribution < 1.29 is 9.53 Å². The topological polar surface area (TPSA) is 55.6 Å². The fraction of sp³-hybridized carbons (Fsp3) is 0.562. The number of fused-ring (bicyclic) bond motifs is 3. The van der Waals surface area contributed by atoms with Gasteiger partial charge in [0, 0.05) is 13.1 Å². The van der Waals surface area contributed by atoms with Gasteiger partial charge < -0.3 is 10.5 Å². The number of nitrogens with zero attached hydrogens (tertiary/aromatic N) is 1. The lowest BCUT2D eigenvalue weighted by Crippen LogP contribution is -2.52. The fourth-order valence-corrected chi connectivity index (χ4v) is 3.33. The summed E-state index contributed by atoms with van der Waals surface area (Å²) < 4.78 is 5.77. The molecule has 1 unspecified atom stereocenters. The summed E-state index contributed by atoms with van der Waals surface area (Å²) in [5.41, 5.74) is 6.72. The number of rotatable bonds is 4. The maximum atomic E-state index is 12.4. The Morgan fingerprint density at radius 1 is 1.30 bits per heavy atom. The Hall–Kier alpha value is -1.39. The van der Waals surface area contributed by atoms with Crippen LogP contribution in [0.2, 0.25) is 0 Å². The minimum Gasteiger partial charge on any atom is -0.460 e. The summed E-state index contributed by atoms with van der Waals surface area (Å²) in [6, 6.07) is 9.68. The van der Waals surface area contributed by atoms with Gasteiger partial charge in [-0.05, 0) is 37.4 Å². The standard InChI is InChI=1S/C16H22N2O2/c17-10-14(12-4-2-1-3-5-12)16(19)20-15-11-18-8-6-13(15)7-9-18/h1-5,13-15H,6-11,17H2/t14?,15-/m0/s1. The Morgan fingerprint density at radius 2 is 2.00 bits per heavy atom. The maximum absolute atomic E-state index is 12.4. The van der Waals surface area contributed by atoms with Gasteiger partial charge in [-0.25, -0.2) is 0 Å². The molecule has 3 fully saturated rings. The van der Waals surface area contributed by atoms with E-state index in [0.29, 0.717) is 12.5 Å². The molecule has 0 saturated carbocycles. The number of nitrogens with two attached hydrogens (primary N) is 1. The predicted octanol–water partition coefficient (Wildman–Crippen LogP) is 1.37. The van der Waals surface area contributed by atoms with Crippen LogP contribution in [0.15, 0.2) is 30.3 Å². The average molecular weight is 274 g/mol. The molecule has 4 heteroatoms. The van der Waals surface area contributed by atoms with Crippen molar-refractivity contribution >= 4 is 5.97 Å². The molecule has 4 nitrogen and oxygen atoms in total. The summed E-state index contributed by atoms with van der Waals surface area (Å²) in [4.78, 5) is 14.8. The monoisotopic (exact) mass is 274 g/mol.